The van der Waals surface area contributed by atoms with Gasteiger partial charge in [-0.05, 0) is 31.0 Å². The molecule has 1 heterocycles. The van der Waals surface area contributed by atoms with E-state index in [4.69, 9.17) is 11.6 Å². The largest absolute Gasteiger partial charge is 0.401 e. The molecule has 0 atom stereocenters. The van der Waals surface area contributed by atoms with Crippen molar-refractivity contribution in [1.29, 1.82) is 0 Å². The number of nitrogens with one attached hydrogen (secondary N) is 1. The summed E-state index contributed by atoms with van der Waals surface area (Å²) >= 11 is 5.79. The van der Waals surface area contributed by atoms with Crippen LogP contribution in [0.25, 0.3) is 0 Å². The van der Waals surface area contributed by atoms with Gasteiger partial charge >= 0.3 is 6.18 Å². The highest BCUT2D eigenvalue weighted by Crippen LogP contribution is 2.24. The van der Waals surface area contributed by atoms with E-state index >= 15 is 0 Å². The van der Waals surface area contributed by atoms with E-state index < -0.39 is 18.5 Å². The molecule has 1 aromatic rings. The van der Waals surface area contributed by atoms with E-state index in [9.17, 15) is 17.6 Å². The van der Waals surface area contributed by atoms with Gasteiger partial charge in [0.1, 0.15) is 5.82 Å². The van der Waals surface area contributed by atoms with Gasteiger partial charge in [0.2, 0.25) is 0 Å². The van der Waals surface area contributed by atoms with Gasteiger partial charge in [-0.3, -0.25) is 4.90 Å². The summed E-state index contributed by atoms with van der Waals surface area (Å²) in [6, 6.07) is 4.17. The highest BCUT2D eigenvalue weighted by atomic mass is 35.5. The Kier molecular flexibility index (Phi) is 4.75. The van der Waals surface area contributed by atoms with Gasteiger partial charge < -0.3 is 5.32 Å². The minimum atomic E-state index is -4.17. The van der Waals surface area contributed by atoms with Crippen molar-refractivity contribution >= 4 is 17.3 Å². The van der Waals surface area contributed by atoms with Gasteiger partial charge in [0.05, 0.1) is 12.2 Å². The normalized spacial score (nSPS) is 18.2. The van der Waals surface area contributed by atoms with Crippen molar-refractivity contribution in [2.45, 2.75) is 25.1 Å². The second-order valence-electron chi connectivity index (χ2n) is 4.93. The summed E-state index contributed by atoms with van der Waals surface area (Å²) in [5.41, 5.74) is 0.298. The van der Waals surface area contributed by atoms with Gasteiger partial charge in [-0.1, -0.05) is 11.6 Å². The second kappa shape index (κ2) is 6.18. The summed E-state index contributed by atoms with van der Waals surface area (Å²) in [5.74, 6) is -0.410. The molecule has 0 amide bonds. The topological polar surface area (TPSA) is 15.3 Å². The first-order valence-corrected chi connectivity index (χ1v) is 6.72. The highest BCUT2D eigenvalue weighted by molar-refractivity contribution is 6.30. The predicted molar refractivity (Wildman–Crippen MR) is 70.5 cm³/mol. The van der Waals surface area contributed by atoms with Crippen LogP contribution >= 0.6 is 11.6 Å². The Morgan fingerprint density at radius 2 is 1.90 bits per heavy atom. The second-order valence-corrected chi connectivity index (χ2v) is 5.37. The van der Waals surface area contributed by atoms with Crippen molar-refractivity contribution in [3.05, 3.63) is 29.0 Å². The van der Waals surface area contributed by atoms with Gasteiger partial charge in [0.25, 0.3) is 0 Å². The number of alkyl halides is 3. The lowest BCUT2D eigenvalue weighted by atomic mass is 10.0. The SMILES string of the molecule is Fc1ccc(Cl)cc1NC1CCN(CC(F)(F)F)CC1. The number of likely N-dealkylation sites (tertiary alicyclic amines) is 1. The molecule has 0 unspecified atom stereocenters. The van der Waals surface area contributed by atoms with Crippen LogP contribution in [0.3, 0.4) is 0 Å². The van der Waals surface area contributed by atoms with E-state index in [0.717, 1.165) is 0 Å². The fraction of sp³-hybridized carbons (Fsp3) is 0.538. The van der Waals surface area contributed by atoms with Crippen LogP contribution < -0.4 is 5.32 Å². The van der Waals surface area contributed by atoms with Crippen molar-refractivity contribution in [3.63, 3.8) is 0 Å². The molecule has 20 heavy (non-hydrogen) atoms. The van der Waals surface area contributed by atoms with Crippen LogP contribution in [0.4, 0.5) is 23.2 Å². The molecule has 0 aromatic heterocycles. The summed E-state index contributed by atoms with van der Waals surface area (Å²) in [4.78, 5) is 1.37. The molecular formula is C13H15ClF4N2. The Morgan fingerprint density at radius 3 is 2.50 bits per heavy atom. The average Bonchev–Trinajstić information content (AvgIpc) is 2.34. The Labute approximate surface area is 119 Å². The number of nitrogens with zero attached hydrogens (tertiary/aromatic N) is 1. The number of hydrogen-bond donors (Lipinski definition) is 1. The maximum absolute atomic E-state index is 13.5. The zero-order valence-corrected chi connectivity index (χ0v) is 11.4. The number of rotatable bonds is 3. The predicted octanol–water partition coefficient (Wildman–Crippen LogP) is 3.92. The van der Waals surface area contributed by atoms with Crippen LogP contribution in [0.15, 0.2) is 18.2 Å². The molecule has 112 valence electrons. The van der Waals surface area contributed by atoms with Gasteiger partial charge in [-0.15, -0.1) is 0 Å². The van der Waals surface area contributed by atoms with E-state index in [0.29, 0.717) is 36.6 Å². The lowest BCUT2D eigenvalue weighted by Gasteiger charge is -2.33. The molecule has 1 fully saturated rings. The molecule has 1 aromatic carbocycles. The lowest BCUT2D eigenvalue weighted by molar-refractivity contribution is -0.147. The van der Waals surface area contributed by atoms with E-state index in [1.54, 1.807) is 0 Å². The Morgan fingerprint density at radius 1 is 1.25 bits per heavy atom. The Bertz CT molecular complexity index is 456. The molecule has 1 aliphatic rings. The van der Waals surface area contributed by atoms with Crippen LogP contribution in [0.5, 0.6) is 0 Å². The van der Waals surface area contributed by atoms with Crippen LogP contribution in [0.1, 0.15) is 12.8 Å². The number of benzene rings is 1. The molecule has 2 nitrogen and oxygen atoms in total. The molecule has 0 aliphatic carbocycles. The average molecular weight is 311 g/mol. The van der Waals surface area contributed by atoms with E-state index in [1.165, 1.54) is 23.1 Å². The first kappa shape index (κ1) is 15.4. The van der Waals surface area contributed by atoms with Crippen molar-refractivity contribution in [2.24, 2.45) is 0 Å². The number of hydrogen-bond acceptors (Lipinski definition) is 2. The van der Waals surface area contributed by atoms with E-state index in [1.807, 2.05) is 0 Å². The summed E-state index contributed by atoms with van der Waals surface area (Å²) in [7, 11) is 0. The number of anilines is 1. The van der Waals surface area contributed by atoms with E-state index in [-0.39, 0.29) is 6.04 Å². The maximum Gasteiger partial charge on any atom is 0.401 e. The molecule has 2 rings (SSSR count). The lowest BCUT2D eigenvalue weighted by Crippen LogP contribution is -2.43. The molecular weight excluding hydrogens is 296 g/mol. The smallest absolute Gasteiger partial charge is 0.380 e. The zero-order valence-electron chi connectivity index (χ0n) is 10.7. The highest BCUT2D eigenvalue weighted by Gasteiger charge is 2.32. The van der Waals surface area contributed by atoms with Crippen molar-refractivity contribution < 1.29 is 17.6 Å². The molecule has 0 saturated carbocycles. The molecule has 0 radical (unpaired) electrons. The van der Waals surface area contributed by atoms with Gasteiger partial charge in [-0.2, -0.15) is 13.2 Å². The monoisotopic (exact) mass is 310 g/mol. The van der Waals surface area contributed by atoms with Crippen molar-refractivity contribution in [2.75, 3.05) is 25.0 Å². The molecule has 1 N–H and O–H groups in total. The van der Waals surface area contributed by atoms with Crippen LogP contribution in [-0.2, 0) is 0 Å². The summed E-state index contributed by atoms with van der Waals surface area (Å²) in [6.45, 7) is -0.191. The third-order valence-electron chi connectivity index (χ3n) is 3.28. The standard InChI is InChI=1S/C13H15ClF4N2/c14-9-1-2-11(15)12(7-9)19-10-3-5-20(6-4-10)8-13(16,17)18/h1-2,7,10,19H,3-6,8H2. The minimum Gasteiger partial charge on any atom is -0.380 e. The quantitative estimate of drug-likeness (QED) is 0.851. The third-order valence-corrected chi connectivity index (χ3v) is 3.51. The summed E-state index contributed by atoms with van der Waals surface area (Å²) in [6.07, 6.45) is -3.08. The number of halogens is 5. The molecule has 0 spiro atoms. The fourth-order valence-electron chi connectivity index (χ4n) is 2.32. The Hall–Kier alpha value is -1.01. The molecule has 1 aliphatic heterocycles. The molecule has 1 saturated heterocycles. The van der Waals surface area contributed by atoms with Gasteiger partial charge in [0, 0.05) is 24.2 Å². The summed E-state index contributed by atoms with van der Waals surface area (Å²) in [5, 5.41) is 3.43. The molecule has 0 bridgehead atoms. The first-order valence-electron chi connectivity index (χ1n) is 6.34. The first-order chi connectivity index (χ1) is 9.33. The van der Waals surface area contributed by atoms with Crippen LogP contribution in [-0.4, -0.2) is 36.8 Å². The van der Waals surface area contributed by atoms with Crippen LogP contribution in [0, 0.1) is 5.82 Å². The van der Waals surface area contributed by atoms with Crippen LogP contribution in [0.2, 0.25) is 5.02 Å². The zero-order chi connectivity index (χ0) is 14.8. The van der Waals surface area contributed by atoms with Crippen molar-refractivity contribution in [1.82, 2.24) is 4.90 Å². The number of piperidine rings is 1. The molecule has 7 heteroatoms. The van der Waals surface area contributed by atoms with E-state index in [2.05, 4.69) is 5.32 Å². The van der Waals surface area contributed by atoms with Crippen molar-refractivity contribution in [3.8, 4) is 0 Å². The van der Waals surface area contributed by atoms with Gasteiger partial charge in [0.15, 0.2) is 0 Å². The Balaban J connectivity index is 1.87. The third kappa shape index (κ3) is 4.52. The fourth-order valence-corrected chi connectivity index (χ4v) is 2.49. The maximum atomic E-state index is 13.5. The summed E-state index contributed by atoms with van der Waals surface area (Å²) < 4.78 is 50.3. The van der Waals surface area contributed by atoms with Gasteiger partial charge in [-0.25, -0.2) is 4.39 Å². The minimum absolute atomic E-state index is 0.0348.